The van der Waals surface area contributed by atoms with Crippen LogP contribution >= 0.6 is 0 Å². The molecule has 3 N–H and O–H groups in total. The van der Waals surface area contributed by atoms with Gasteiger partial charge in [0.15, 0.2) is 0 Å². The molecule has 0 heterocycles. The van der Waals surface area contributed by atoms with Gasteiger partial charge in [0.1, 0.15) is 5.75 Å². The first-order valence-corrected chi connectivity index (χ1v) is 5.09. The van der Waals surface area contributed by atoms with Gasteiger partial charge in [-0.25, -0.2) is 0 Å². The van der Waals surface area contributed by atoms with Crippen molar-refractivity contribution in [3.63, 3.8) is 0 Å². The molecule has 1 aromatic carbocycles. The lowest BCUT2D eigenvalue weighted by Gasteiger charge is -2.30. The van der Waals surface area contributed by atoms with Gasteiger partial charge in [-0.3, -0.25) is 0 Å². The van der Waals surface area contributed by atoms with Crippen LogP contribution in [0.1, 0.15) is 19.4 Å². The van der Waals surface area contributed by atoms with Crippen LogP contribution in [0, 0.1) is 5.92 Å². The summed E-state index contributed by atoms with van der Waals surface area (Å²) in [5.74, 6) is 0.751. The monoisotopic (exact) mass is 209 g/mol. The molecule has 0 bridgehead atoms. The Labute approximate surface area is 90.9 Å². The molecule has 0 fully saturated rings. The van der Waals surface area contributed by atoms with Crippen LogP contribution in [0.25, 0.3) is 0 Å². The van der Waals surface area contributed by atoms with E-state index in [1.807, 2.05) is 31.2 Å². The molecule has 0 aliphatic heterocycles. The summed E-state index contributed by atoms with van der Waals surface area (Å²) in [6.45, 7) is 4.16. The summed E-state index contributed by atoms with van der Waals surface area (Å²) in [5, 5.41) is 10.3. The van der Waals surface area contributed by atoms with Gasteiger partial charge in [-0.2, -0.15) is 0 Å². The van der Waals surface area contributed by atoms with Crippen molar-refractivity contribution in [1.82, 2.24) is 0 Å². The van der Waals surface area contributed by atoms with Crippen LogP contribution in [-0.4, -0.2) is 18.8 Å². The number of benzene rings is 1. The van der Waals surface area contributed by atoms with E-state index in [2.05, 4.69) is 0 Å². The van der Waals surface area contributed by atoms with Crippen molar-refractivity contribution in [3.05, 3.63) is 29.8 Å². The zero-order valence-corrected chi connectivity index (χ0v) is 9.53. The first-order chi connectivity index (χ1) is 7.02. The summed E-state index contributed by atoms with van der Waals surface area (Å²) in [7, 11) is 1.61. The van der Waals surface area contributed by atoms with E-state index in [9.17, 15) is 5.11 Å². The van der Waals surface area contributed by atoms with Crippen molar-refractivity contribution in [2.45, 2.75) is 19.4 Å². The van der Waals surface area contributed by atoms with Gasteiger partial charge in [-0.05, 0) is 31.2 Å². The minimum atomic E-state index is -0.913. The smallest absolute Gasteiger partial charge is 0.119 e. The van der Waals surface area contributed by atoms with E-state index in [1.54, 1.807) is 14.0 Å². The summed E-state index contributed by atoms with van der Waals surface area (Å²) in [5.41, 5.74) is 5.49. The normalized spacial score (nSPS) is 16.9. The quantitative estimate of drug-likeness (QED) is 0.790. The van der Waals surface area contributed by atoms with Crippen LogP contribution in [0.2, 0.25) is 0 Å². The number of aliphatic hydroxyl groups is 1. The highest BCUT2D eigenvalue weighted by atomic mass is 16.5. The van der Waals surface area contributed by atoms with Crippen LogP contribution in [0.5, 0.6) is 5.75 Å². The van der Waals surface area contributed by atoms with Gasteiger partial charge in [0.2, 0.25) is 0 Å². The molecule has 2 atom stereocenters. The number of methoxy groups -OCH3 is 1. The third-order valence-electron chi connectivity index (χ3n) is 2.97. The minimum Gasteiger partial charge on any atom is -0.497 e. The first-order valence-electron chi connectivity index (χ1n) is 5.09. The maximum atomic E-state index is 10.3. The summed E-state index contributed by atoms with van der Waals surface area (Å²) in [6.07, 6.45) is 0. The van der Waals surface area contributed by atoms with Crippen LogP contribution in [0.3, 0.4) is 0 Å². The minimum absolute atomic E-state index is 0.00426. The highest BCUT2D eigenvalue weighted by Gasteiger charge is 2.29. The summed E-state index contributed by atoms with van der Waals surface area (Å²) in [6, 6.07) is 7.44. The van der Waals surface area contributed by atoms with E-state index in [1.165, 1.54) is 0 Å². The fraction of sp³-hybridized carbons (Fsp3) is 0.500. The first kappa shape index (κ1) is 12.0. The Morgan fingerprint density at radius 3 is 2.73 bits per heavy atom. The number of nitrogens with two attached hydrogens (primary N) is 1. The largest absolute Gasteiger partial charge is 0.497 e. The predicted molar refractivity (Wildman–Crippen MR) is 60.8 cm³/mol. The lowest BCUT2D eigenvalue weighted by atomic mass is 9.84. The standard InChI is InChI=1S/C12H19NO2/c1-9(8-13)12(2,14)10-5-4-6-11(7-10)15-3/h4-7,9,14H,8,13H2,1-3H3. The zero-order chi connectivity index (χ0) is 11.5. The Kier molecular flexibility index (Phi) is 3.72. The fourth-order valence-electron chi connectivity index (χ4n) is 1.45. The number of ether oxygens (including phenoxy) is 1. The molecule has 0 aromatic heterocycles. The molecule has 84 valence electrons. The molecular weight excluding hydrogens is 190 g/mol. The molecule has 1 rings (SSSR count). The Morgan fingerprint density at radius 1 is 1.53 bits per heavy atom. The van der Waals surface area contributed by atoms with Crippen molar-refractivity contribution in [1.29, 1.82) is 0 Å². The third-order valence-corrected chi connectivity index (χ3v) is 2.97. The lowest BCUT2D eigenvalue weighted by Crippen LogP contribution is -2.34. The molecule has 0 radical (unpaired) electrons. The number of rotatable bonds is 4. The average molecular weight is 209 g/mol. The average Bonchev–Trinajstić information content (AvgIpc) is 2.27. The molecule has 3 nitrogen and oxygen atoms in total. The molecule has 0 saturated heterocycles. The molecule has 1 aromatic rings. The molecule has 2 unspecified atom stereocenters. The van der Waals surface area contributed by atoms with E-state index in [-0.39, 0.29) is 5.92 Å². The van der Waals surface area contributed by atoms with Crippen molar-refractivity contribution in [2.75, 3.05) is 13.7 Å². The van der Waals surface area contributed by atoms with Gasteiger partial charge in [-0.1, -0.05) is 19.1 Å². The Morgan fingerprint density at radius 2 is 2.20 bits per heavy atom. The molecule has 0 saturated carbocycles. The topological polar surface area (TPSA) is 55.5 Å². The van der Waals surface area contributed by atoms with Gasteiger partial charge in [0, 0.05) is 5.92 Å². The second-order valence-electron chi connectivity index (χ2n) is 4.02. The Bertz CT molecular complexity index is 323. The van der Waals surface area contributed by atoms with Crippen molar-refractivity contribution in [3.8, 4) is 5.75 Å². The molecule has 15 heavy (non-hydrogen) atoms. The van der Waals surface area contributed by atoms with E-state index in [0.717, 1.165) is 11.3 Å². The molecular formula is C12H19NO2. The van der Waals surface area contributed by atoms with E-state index in [0.29, 0.717) is 6.54 Å². The van der Waals surface area contributed by atoms with E-state index < -0.39 is 5.60 Å². The van der Waals surface area contributed by atoms with Crippen LogP contribution < -0.4 is 10.5 Å². The summed E-state index contributed by atoms with van der Waals surface area (Å²) >= 11 is 0. The summed E-state index contributed by atoms with van der Waals surface area (Å²) < 4.78 is 5.12. The summed E-state index contributed by atoms with van der Waals surface area (Å²) in [4.78, 5) is 0. The SMILES string of the molecule is COc1cccc(C(C)(O)C(C)CN)c1. The van der Waals surface area contributed by atoms with E-state index in [4.69, 9.17) is 10.5 Å². The zero-order valence-electron chi connectivity index (χ0n) is 9.53. The van der Waals surface area contributed by atoms with Crippen LogP contribution in [0.4, 0.5) is 0 Å². The van der Waals surface area contributed by atoms with Crippen LogP contribution in [0.15, 0.2) is 24.3 Å². The third kappa shape index (κ3) is 2.49. The Balaban J connectivity index is 3.03. The van der Waals surface area contributed by atoms with E-state index >= 15 is 0 Å². The molecule has 0 amide bonds. The fourth-order valence-corrected chi connectivity index (χ4v) is 1.45. The maximum absolute atomic E-state index is 10.3. The van der Waals surface area contributed by atoms with Gasteiger partial charge in [0.25, 0.3) is 0 Å². The van der Waals surface area contributed by atoms with Gasteiger partial charge in [0.05, 0.1) is 12.7 Å². The Hall–Kier alpha value is -1.06. The van der Waals surface area contributed by atoms with Gasteiger partial charge < -0.3 is 15.6 Å². The predicted octanol–water partition coefficient (Wildman–Crippen LogP) is 1.50. The maximum Gasteiger partial charge on any atom is 0.119 e. The van der Waals surface area contributed by atoms with Crippen LogP contribution in [-0.2, 0) is 5.60 Å². The number of hydrogen-bond acceptors (Lipinski definition) is 3. The molecule has 3 heteroatoms. The van der Waals surface area contributed by atoms with Crippen molar-refractivity contribution >= 4 is 0 Å². The highest BCUT2D eigenvalue weighted by Crippen LogP contribution is 2.30. The van der Waals surface area contributed by atoms with Gasteiger partial charge >= 0.3 is 0 Å². The lowest BCUT2D eigenvalue weighted by molar-refractivity contribution is 0.00502. The van der Waals surface area contributed by atoms with Crippen molar-refractivity contribution in [2.24, 2.45) is 11.7 Å². The molecule has 0 spiro atoms. The van der Waals surface area contributed by atoms with Crippen molar-refractivity contribution < 1.29 is 9.84 Å². The highest BCUT2D eigenvalue weighted by molar-refractivity contribution is 5.32. The second kappa shape index (κ2) is 4.64. The van der Waals surface area contributed by atoms with Gasteiger partial charge in [-0.15, -0.1) is 0 Å². The molecule has 0 aliphatic rings. The second-order valence-corrected chi connectivity index (χ2v) is 4.02. The molecule has 0 aliphatic carbocycles. The number of hydrogen-bond donors (Lipinski definition) is 2.